The van der Waals surface area contributed by atoms with Crippen LogP contribution < -0.4 is 10.1 Å². The fourth-order valence-corrected chi connectivity index (χ4v) is 3.74. The zero-order chi connectivity index (χ0) is 22.5. The number of carbonyl (C=O) groups is 1. The molecule has 162 valence electrons. The number of pyridine rings is 1. The number of carbonyl (C=O) groups excluding carboxylic acids is 1. The monoisotopic (exact) mass is 429 g/mol. The van der Waals surface area contributed by atoms with E-state index in [-0.39, 0.29) is 11.6 Å². The quantitative estimate of drug-likeness (QED) is 0.362. The van der Waals surface area contributed by atoms with Crippen molar-refractivity contribution >= 4 is 11.5 Å². The van der Waals surface area contributed by atoms with Crippen LogP contribution in [0.15, 0.2) is 85.2 Å². The van der Waals surface area contributed by atoms with Gasteiger partial charge in [0.05, 0.1) is 12.8 Å². The first-order valence-corrected chi connectivity index (χ1v) is 10.4. The minimum Gasteiger partial charge on any atom is -0.481 e. The van der Waals surface area contributed by atoms with Crippen LogP contribution >= 0.6 is 0 Å². The number of Topliss-reactive ketones (excluding diaryl/α,β-unsaturated/α-hetero) is 1. The van der Waals surface area contributed by atoms with E-state index in [9.17, 15) is 9.18 Å². The van der Waals surface area contributed by atoms with Crippen LogP contribution in [0.3, 0.4) is 0 Å². The Morgan fingerprint density at radius 2 is 1.84 bits per heavy atom. The van der Waals surface area contributed by atoms with Crippen molar-refractivity contribution in [1.29, 1.82) is 0 Å². The van der Waals surface area contributed by atoms with Crippen LogP contribution in [-0.2, 0) is 6.54 Å². The van der Waals surface area contributed by atoms with Gasteiger partial charge in [-0.1, -0.05) is 42.5 Å². The van der Waals surface area contributed by atoms with Crippen molar-refractivity contribution in [3.05, 3.63) is 102 Å². The molecule has 2 aromatic carbocycles. The Kier molecular flexibility index (Phi) is 6.31. The van der Waals surface area contributed by atoms with E-state index in [4.69, 9.17) is 4.74 Å². The van der Waals surface area contributed by atoms with E-state index in [1.54, 1.807) is 30.5 Å². The van der Waals surface area contributed by atoms with Crippen LogP contribution in [0.1, 0.15) is 28.9 Å². The van der Waals surface area contributed by atoms with E-state index in [0.717, 1.165) is 17.8 Å². The third-order valence-electron chi connectivity index (χ3n) is 5.34. The first-order valence-electron chi connectivity index (χ1n) is 10.4. The third kappa shape index (κ3) is 4.39. The standard InChI is InChI=1S/C26H24FN3O2/c1-3-30-16-14-22(25(30)19-7-5-4-6-8-19)26(31)24(18-9-11-20(27)12-10-18)29-21-13-15-28-23(17-21)32-2/h4-17,24H,3H2,1-2H3,(H,28,29). The zero-order valence-electron chi connectivity index (χ0n) is 18.0. The van der Waals surface area contributed by atoms with E-state index in [0.29, 0.717) is 22.7 Å². The summed E-state index contributed by atoms with van der Waals surface area (Å²) in [7, 11) is 1.54. The van der Waals surface area contributed by atoms with Crippen LogP contribution in [0.2, 0.25) is 0 Å². The Labute approximate surface area is 186 Å². The lowest BCUT2D eigenvalue weighted by Crippen LogP contribution is -2.22. The molecule has 0 amide bonds. The predicted octanol–water partition coefficient (Wildman–Crippen LogP) is 5.75. The molecule has 1 unspecified atom stereocenters. The number of anilines is 1. The summed E-state index contributed by atoms with van der Waals surface area (Å²) in [6.45, 7) is 2.77. The number of ketones is 1. The van der Waals surface area contributed by atoms with Crippen LogP contribution in [0, 0.1) is 5.82 Å². The molecule has 0 aliphatic carbocycles. The normalized spacial score (nSPS) is 11.7. The minimum absolute atomic E-state index is 0.113. The van der Waals surface area contributed by atoms with Crippen molar-refractivity contribution in [2.45, 2.75) is 19.5 Å². The summed E-state index contributed by atoms with van der Waals surface area (Å²) < 4.78 is 20.9. The highest BCUT2D eigenvalue weighted by Gasteiger charge is 2.27. The van der Waals surface area contributed by atoms with Crippen molar-refractivity contribution in [2.24, 2.45) is 0 Å². The molecule has 4 rings (SSSR count). The van der Waals surface area contributed by atoms with Crippen molar-refractivity contribution in [2.75, 3.05) is 12.4 Å². The van der Waals surface area contributed by atoms with Gasteiger partial charge in [0.2, 0.25) is 5.88 Å². The van der Waals surface area contributed by atoms with Crippen molar-refractivity contribution in [3.8, 4) is 17.1 Å². The Morgan fingerprint density at radius 3 is 2.53 bits per heavy atom. The molecule has 32 heavy (non-hydrogen) atoms. The van der Waals surface area contributed by atoms with E-state index < -0.39 is 6.04 Å². The van der Waals surface area contributed by atoms with Gasteiger partial charge >= 0.3 is 0 Å². The number of halogens is 1. The summed E-state index contributed by atoms with van der Waals surface area (Å²) in [5.41, 5.74) is 3.76. The van der Waals surface area contributed by atoms with Crippen LogP contribution in [0.5, 0.6) is 5.88 Å². The lowest BCUT2D eigenvalue weighted by atomic mass is 9.95. The van der Waals surface area contributed by atoms with E-state index in [1.165, 1.54) is 19.2 Å². The lowest BCUT2D eigenvalue weighted by molar-refractivity contribution is 0.0970. The first-order chi connectivity index (χ1) is 15.6. The summed E-state index contributed by atoms with van der Waals surface area (Å²) in [5, 5.41) is 3.29. The molecule has 0 radical (unpaired) electrons. The van der Waals surface area contributed by atoms with Gasteiger partial charge in [0.1, 0.15) is 11.9 Å². The number of aryl methyl sites for hydroxylation is 1. The number of benzene rings is 2. The Hall–Kier alpha value is -3.93. The second-order valence-electron chi connectivity index (χ2n) is 7.31. The van der Waals surface area contributed by atoms with E-state index >= 15 is 0 Å². The fourth-order valence-electron chi connectivity index (χ4n) is 3.74. The van der Waals surface area contributed by atoms with Gasteiger partial charge in [0.15, 0.2) is 5.78 Å². The molecule has 4 aromatic rings. The number of methoxy groups -OCH3 is 1. The molecule has 5 nitrogen and oxygen atoms in total. The van der Waals surface area contributed by atoms with E-state index in [1.807, 2.05) is 49.5 Å². The molecule has 0 saturated heterocycles. The topological polar surface area (TPSA) is 56.2 Å². The highest BCUT2D eigenvalue weighted by atomic mass is 19.1. The fraction of sp³-hybridized carbons (Fsp3) is 0.154. The Balaban J connectivity index is 1.79. The summed E-state index contributed by atoms with van der Waals surface area (Å²) in [5.74, 6) is -0.0338. The molecule has 0 aliphatic heterocycles. The third-order valence-corrected chi connectivity index (χ3v) is 5.34. The van der Waals surface area contributed by atoms with Gasteiger partial charge in [-0.15, -0.1) is 0 Å². The Bertz CT molecular complexity index is 1200. The van der Waals surface area contributed by atoms with Crippen molar-refractivity contribution < 1.29 is 13.9 Å². The predicted molar refractivity (Wildman–Crippen MR) is 123 cm³/mol. The molecule has 2 aromatic heterocycles. The number of nitrogens with one attached hydrogen (secondary N) is 1. The number of rotatable bonds is 8. The van der Waals surface area contributed by atoms with Gasteiger partial charge in [-0.3, -0.25) is 4.79 Å². The molecule has 0 fully saturated rings. The van der Waals surface area contributed by atoms with Crippen LogP contribution in [0.25, 0.3) is 11.3 Å². The molecule has 2 heterocycles. The van der Waals surface area contributed by atoms with Gasteiger partial charge in [0, 0.05) is 36.3 Å². The molecule has 0 saturated carbocycles. The van der Waals surface area contributed by atoms with Crippen molar-refractivity contribution in [3.63, 3.8) is 0 Å². The SMILES string of the molecule is CCn1ccc(C(=O)C(Nc2ccnc(OC)c2)c2ccc(F)cc2)c1-c1ccccc1. The first kappa shape index (κ1) is 21.3. The largest absolute Gasteiger partial charge is 0.481 e. The summed E-state index contributed by atoms with van der Waals surface area (Å²) in [6, 6.07) is 20.4. The zero-order valence-corrected chi connectivity index (χ0v) is 18.0. The highest BCUT2D eigenvalue weighted by Crippen LogP contribution is 2.31. The highest BCUT2D eigenvalue weighted by molar-refractivity contribution is 6.06. The number of ether oxygens (including phenoxy) is 1. The molecule has 1 atom stereocenters. The smallest absolute Gasteiger partial charge is 0.214 e. The number of nitrogens with zero attached hydrogens (tertiary/aromatic N) is 2. The molecule has 0 spiro atoms. The van der Waals surface area contributed by atoms with Gasteiger partial charge in [-0.25, -0.2) is 9.37 Å². The number of aromatic nitrogens is 2. The van der Waals surface area contributed by atoms with Crippen molar-refractivity contribution in [1.82, 2.24) is 9.55 Å². The second kappa shape index (κ2) is 9.47. The molecule has 0 aliphatic rings. The van der Waals surface area contributed by atoms with Gasteiger partial charge in [-0.2, -0.15) is 0 Å². The maximum atomic E-state index is 13.9. The lowest BCUT2D eigenvalue weighted by Gasteiger charge is -2.20. The number of hydrogen-bond donors (Lipinski definition) is 1. The maximum Gasteiger partial charge on any atom is 0.214 e. The van der Waals surface area contributed by atoms with E-state index in [2.05, 4.69) is 14.9 Å². The maximum absolute atomic E-state index is 13.9. The molecule has 0 bridgehead atoms. The summed E-state index contributed by atoms with van der Waals surface area (Å²) in [4.78, 5) is 18.0. The average Bonchev–Trinajstić information content (AvgIpc) is 3.28. The molecule has 1 N–H and O–H groups in total. The van der Waals surface area contributed by atoms with Crippen LogP contribution in [0.4, 0.5) is 10.1 Å². The molecule has 6 heteroatoms. The van der Waals surface area contributed by atoms with Gasteiger partial charge in [0.25, 0.3) is 0 Å². The summed E-state index contributed by atoms with van der Waals surface area (Å²) in [6.07, 6.45) is 3.53. The van der Waals surface area contributed by atoms with Gasteiger partial charge in [-0.05, 0) is 42.3 Å². The summed E-state index contributed by atoms with van der Waals surface area (Å²) >= 11 is 0. The van der Waals surface area contributed by atoms with Crippen LogP contribution in [-0.4, -0.2) is 22.4 Å². The molecular weight excluding hydrogens is 405 g/mol. The Morgan fingerprint density at radius 1 is 1.09 bits per heavy atom. The molecular formula is C26H24FN3O2. The minimum atomic E-state index is -0.724. The average molecular weight is 429 g/mol. The second-order valence-corrected chi connectivity index (χ2v) is 7.31. The van der Waals surface area contributed by atoms with Gasteiger partial charge < -0.3 is 14.6 Å². The number of hydrogen-bond acceptors (Lipinski definition) is 4.